The van der Waals surface area contributed by atoms with Gasteiger partial charge in [-0.2, -0.15) is 0 Å². The number of nitrogens with one attached hydrogen (secondary N) is 2. The molecule has 1 aromatic carbocycles. The first-order chi connectivity index (χ1) is 8.95. The van der Waals surface area contributed by atoms with Gasteiger partial charge in [0, 0.05) is 0 Å². The molecule has 1 saturated heterocycles. The smallest absolute Gasteiger partial charge is 0.322 e. The molecule has 1 aliphatic rings. The van der Waals surface area contributed by atoms with Gasteiger partial charge in [0.25, 0.3) is 5.91 Å². The van der Waals surface area contributed by atoms with E-state index in [1.807, 2.05) is 0 Å². The molecule has 0 spiro atoms. The zero-order valence-corrected chi connectivity index (χ0v) is 10.3. The highest BCUT2D eigenvalue weighted by Crippen LogP contribution is 2.31. The van der Waals surface area contributed by atoms with Crippen LogP contribution in [0.4, 0.5) is 4.79 Å². The van der Waals surface area contributed by atoms with Gasteiger partial charge in [0.15, 0.2) is 0 Å². The topological polar surface area (TPSA) is 95.5 Å². The van der Waals surface area contributed by atoms with E-state index < -0.39 is 29.4 Å². The predicted molar refractivity (Wildman–Crippen MR) is 66.2 cm³/mol. The lowest BCUT2D eigenvalue weighted by Gasteiger charge is -2.28. The Kier molecular flexibility index (Phi) is 3.25. The third-order valence-electron chi connectivity index (χ3n) is 3.24. The summed E-state index contributed by atoms with van der Waals surface area (Å²) < 4.78 is 0. The van der Waals surface area contributed by atoms with Crippen molar-refractivity contribution in [1.29, 1.82) is 0 Å². The lowest BCUT2D eigenvalue weighted by molar-refractivity contribution is -0.142. The first-order valence-corrected chi connectivity index (χ1v) is 5.87. The Labute approximate surface area is 109 Å². The molecule has 1 heterocycles. The number of amides is 3. The van der Waals surface area contributed by atoms with Gasteiger partial charge in [-0.25, -0.2) is 4.79 Å². The summed E-state index contributed by atoms with van der Waals surface area (Å²) in [6.45, 7) is 1.50. The van der Waals surface area contributed by atoms with E-state index in [9.17, 15) is 14.4 Å². The van der Waals surface area contributed by atoms with Crippen molar-refractivity contribution in [2.24, 2.45) is 5.92 Å². The van der Waals surface area contributed by atoms with Gasteiger partial charge in [0.2, 0.25) is 0 Å². The highest BCUT2D eigenvalue weighted by atomic mass is 16.4. The lowest BCUT2D eigenvalue weighted by atomic mass is 9.82. The number of carboxylic acids is 1. The molecule has 1 aromatic rings. The van der Waals surface area contributed by atoms with Gasteiger partial charge in [0.1, 0.15) is 5.54 Å². The van der Waals surface area contributed by atoms with E-state index in [0.29, 0.717) is 5.56 Å². The largest absolute Gasteiger partial charge is 0.481 e. The van der Waals surface area contributed by atoms with Crippen molar-refractivity contribution >= 4 is 17.9 Å². The number of rotatable bonds is 4. The third-order valence-corrected chi connectivity index (χ3v) is 3.24. The highest BCUT2D eigenvalue weighted by Gasteiger charge is 2.49. The number of aliphatic carboxylic acids is 1. The van der Waals surface area contributed by atoms with E-state index >= 15 is 0 Å². The molecule has 0 bridgehead atoms. The zero-order valence-electron chi connectivity index (χ0n) is 10.3. The molecule has 100 valence electrons. The molecule has 19 heavy (non-hydrogen) atoms. The first kappa shape index (κ1) is 13.1. The standard InChI is InChI=1S/C13H14N2O4/c1-8(10(16)17)7-13(9-5-3-2-4-6-9)11(18)14-12(19)15-13/h2-6,8H,7H2,1H3,(H,16,17)(H2,14,15,18,19). The summed E-state index contributed by atoms with van der Waals surface area (Å²) >= 11 is 0. The molecular formula is C13H14N2O4. The summed E-state index contributed by atoms with van der Waals surface area (Å²) in [7, 11) is 0. The van der Waals surface area contributed by atoms with Gasteiger partial charge in [-0.1, -0.05) is 37.3 Å². The lowest BCUT2D eigenvalue weighted by Crippen LogP contribution is -2.46. The fraction of sp³-hybridized carbons (Fsp3) is 0.308. The number of carboxylic acid groups (broad SMARTS) is 1. The maximum absolute atomic E-state index is 12.1. The molecule has 6 heteroatoms. The Hall–Kier alpha value is -2.37. The molecule has 3 N–H and O–H groups in total. The Morgan fingerprint density at radius 3 is 2.42 bits per heavy atom. The Morgan fingerprint density at radius 1 is 1.32 bits per heavy atom. The molecule has 3 amide bonds. The normalized spacial score (nSPS) is 23.6. The maximum Gasteiger partial charge on any atom is 0.322 e. The summed E-state index contributed by atoms with van der Waals surface area (Å²) in [5.74, 6) is -2.29. The second kappa shape index (κ2) is 4.72. The van der Waals surface area contributed by atoms with Gasteiger partial charge >= 0.3 is 12.0 Å². The monoisotopic (exact) mass is 262 g/mol. The van der Waals surface area contributed by atoms with Crippen molar-refractivity contribution in [1.82, 2.24) is 10.6 Å². The van der Waals surface area contributed by atoms with Crippen molar-refractivity contribution in [2.75, 3.05) is 0 Å². The average molecular weight is 262 g/mol. The number of carbonyl (C=O) groups is 3. The van der Waals surface area contributed by atoms with Crippen LogP contribution in [0.25, 0.3) is 0 Å². The van der Waals surface area contributed by atoms with Gasteiger partial charge in [-0.15, -0.1) is 0 Å². The first-order valence-electron chi connectivity index (χ1n) is 5.87. The van der Waals surface area contributed by atoms with Crippen molar-refractivity contribution in [3.63, 3.8) is 0 Å². The van der Waals surface area contributed by atoms with Crippen LogP contribution in [0.15, 0.2) is 30.3 Å². The maximum atomic E-state index is 12.1. The molecule has 0 radical (unpaired) electrons. The molecule has 2 unspecified atom stereocenters. The van der Waals surface area contributed by atoms with E-state index in [1.54, 1.807) is 30.3 Å². The molecular weight excluding hydrogens is 248 g/mol. The van der Waals surface area contributed by atoms with Gasteiger partial charge < -0.3 is 10.4 Å². The summed E-state index contributed by atoms with van der Waals surface area (Å²) in [5.41, 5.74) is -0.734. The summed E-state index contributed by atoms with van der Waals surface area (Å²) in [4.78, 5) is 34.5. The SMILES string of the molecule is CC(CC1(c2ccccc2)NC(=O)NC1=O)C(=O)O. The Bertz CT molecular complexity index is 529. The van der Waals surface area contributed by atoms with E-state index in [4.69, 9.17) is 5.11 Å². The molecule has 1 aliphatic heterocycles. The minimum atomic E-state index is -1.31. The zero-order chi connectivity index (χ0) is 14.0. The molecule has 1 fully saturated rings. The van der Waals surface area contributed by atoms with Crippen LogP contribution in [0.1, 0.15) is 18.9 Å². The van der Waals surface area contributed by atoms with Crippen LogP contribution in [-0.2, 0) is 15.1 Å². The third kappa shape index (κ3) is 2.29. The van der Waals surface area contributed by atoms with Crippen LogP contribution >= 0.6 is 0 Å². The quantitative estimate of drug-likeness (QED) is 0.700. The van der Waals surface area contributed by atoms with Crippen LogP contribution < -0.4 is 10.6 Å². The molecule has 0 aromatic heterocycles. The fourth-order valence-electron chi connectivity index (χ4n) is 2.23. The van der Waals surface area contributed by atoms with Crippen LogP contribution in [0.5, 0.6) is 0 Å². The number of hydrogen-bond donors (Lipinski definition) is 3. The van der Waals surface area contributed by atoms with Crippen molar-refractivity contribution in [2.45, 2.75) is 18.9 Å². The van der Waals surface area contributed by atoms with Crippen LogP contribution in [0.2, 0.25) is 0 Å². The Morgan fingerprint density at radius 2 is 1.95 bits per heavy atom. The number of hydrogen-bond acceptors (Lipinski definition) is 3. The number of urea groups is 1. The van der Waals surface area contributed by atoms with Gasteiger partial charge in [-0.3, -0.25) is 14.9 Å². The van der Waals surface area contributed by atoms with Crippen molar-refractivity contribution < 1.29 is 19.5 Å². The Balaban J connectivity index is 2.43. The van der Waals surface area contributed by atoms with E-state index in [1.165, 1.54) is 6.92 Å². The van der Waals surface area contributed by atoms with E-state index in [0.717, 1.165) is 0 Å². The fourth-order valence-corrected chi connectivity index (χ4v) is 2.23. The highest BCUT2D eigenvalue weighted by molar-refractivity contribution is 6.07. The molecule has 2 atom stereocenters. The van der Waals surface area contributed by atoms with Crippen molar-refractivity contribution in [3.05, 3.63) is 35.9 Å². The van der Waals surface area contributed by atoms with Gasteiger partial charge in [-0.05, 0) is 12.0 Å². The number of imide groups is 1. The minimum Gasteiger partial charge on any atom is -0.481 e. The predicted octanol–water partition coefficient (Wildman–Crippen LogP) is 0.832. The number of benzene rings is 1. The van der Waals surface area contributed by atoms with E-state index in [2.05, 4.69) is 10.6 Å². The summed E-state index contributed by atoms with van der Waals surface area (Å²) in [5, 5.41) is 13.7. The molecule has 0 aliphatic carbocycles. The number of carbonyl (C=O) groups excluding carboxylic acids is 2. The van der Waals surface area contributed by atoms with Crippen LogP contribution in [0.3, 0.4) is 0 Å². The van der Waals surface area contributed by atoms with Crippen LogP contribution in [0, 0.1) is 5.92 Å². The van der Waals surface area contributed by atoms with E-state index in [-0.39, 0.29) is 6.42 Å². The van der Waals surface area contributed by atoms with Gasteiger partial charge in [0.05, 0.1) is 5.92 Å². The second-order valence-corrected chi connectivity index (χ2v) is 4.62. The minimum absolute atomic E-state index is 0.00389. The summed E-state index contributed by atoms with van der Waals surface area (Å²) in [6.07, 6.45) is 0.00389. The van der Waals surface area contributed by atoms with Crippen molar-refractivity contribution in [3.8, 4) is 0 Å². The molecule has 0 saturated carbocycles. The van der Waals surface area contributed by atoms with Crippen LogP contribution in [-0.4, -0.2) is 23.0 Å². The molecule has 2 rings (SSSR count). The summed E-state index contributed by atoms with van der Waals surface area (Å²) in [6, 6.07) is 8.04. The average Bonchev–Trinajstić information content (AvgIpc) is 2.66. The second-order valence-electron chi connectivity index (χ2n) is 4.62. The molecule has 6 nitrogen and oxygen atoms in total.